The number of carbonyl (C=O) groups excluding carboxylic acids is 2. The van der Waals surface area contributed by atoms with Gasteiger partial charge in [-0.1, -0.05) is 35.9 Å². The van der Waals surface area contributed by atoms with Gasteiger partial charge in [0, 0.05) is 28.5 Å². The van der Waals surface area contributed by atoms with E-state index >= 15 is 0 Å². The minimum Gasteiger partial charge on any atom is -0.496 e. The summed E-state index contributed by atoms with van der Waals surface area (Å²) in [5, 5.41) is 3.34. The molecule has 0 fully saturated rings. The zero-order chi connectivity index (χ0) is 21.1. The van der Waals surface area contributed by atoms with Crippen LogP contribution in [0.2, 0.25) is 5.02 Å². The highest BCUT2D eigenvalue weighted by molar-refractivity contribution is 6.31. The number of hydrogen-bond acceptors (Lipinski definition) is 3. The number of nitrogens with zero attached hydrogens (tertiary/aromatic N) is 1. The molecule has 1 N–H and O–H groups in total. The number of aryl methyl sites for hydroxylation is 1. The second kappa shape index (κ2) is 8.59. The van der Waals surface area contributed by atoms with E-state index in [4.69, 9.17) is 16.3 Å². The van der Waals surface area contributed by atoms with Crippen LogP contribution in [0, 0.1) is 0 Å². The number of halogens is 1. The third kappa shape index (κ3) is 4.02. The van der Waals surface area contributed by atoms with Crippen LogP contribution in [0.15, 0.2) is 66.7 Å². The molecule has 0 unspecified atom stereocenters. The van der Waals surface area contributed by atoms with Crippen LogP contribution >= 0.6 is 11.6 Å². The Balaban J connectivity index is 1.62. The van der Waals surface area contributed by atoms with E-state index in [9.17, 15) is 9.59 Å². The van der Waals surface area contributed by atoms with E-state index in [2.05, 4.69) is 5.32 Å². The van der Waals surface area contributed by atoms with Crippen LogP contribution in [0.25, 0.3) is 0 Å². The number of anilines is 2. The molecule has 2 amide bonds. The lowest BCUT2D eigenvalue weighted by atomic mass is 10.00. The lowest BCUT2D eigenvalue weighted by molar-refractivity contribution is 0.0984. The van der Waals surface area contributed by atoms with Gasteiger partial charge < -0.3 is 15.0 Å². The van der Waals surface area contributed by atoms with Gasteiger partial charge in [-0.25, -0.2) is 0 Å². The molecule has 0 saturated heterocycles. The Hall–Kier alpha value is -3.31. The largest absolute Gasteiger partial charge is 0.496 e. The molecule has 1 heterocycles. The third-order valence-electron chi connectivity index (χ3n) is 5.13. The molecule has 0 aliphatic carbocycles. The molecule has 3 aromatic carbocycles. The molecule has 0 saturated carbocycles. The Labute approximate surface area is 180 Å². The number of rotatable bonds is 4. The van der Waals surface area contributed by atoms with Crippen LogP contribution < -0.4 is 15.0 Å². The molecule has 0 spiro atoms. The first-order chi connectivity index (χ1) is 14.6. The fraction of sp³-hybridized carbons (Fsp3) is 0.167. The van der Waals surface area contributed by atoms with Gasteiger partial charge in [0.05, 0.1) is 12.7 Å². The van der Waals surface area contributed by atoms with Gasteiger partial charge in [-0.3, -0.25) is 9.59 Å². The Bertz CT molecular complexity index is 1100. The number of carbonyl (C=O) groups is 2. The van der Waals surface area contributed by atoms with E-state index in [1.165, 1.54) is 7.11 Å². The highest BCUT2D eigenvalue weighted by atomic mass is 35.5. The summed E-state index contributed by atoms with van der Waals surface area (Å²) in [5.41, 5.74) is 3.51. The number of fused-ring (bicyclic) bond motifs is 1. The van der Waals surface area contributed by atoms with Gasteiger partial charge in [0.2, 0.25) is 0 Å². The van der Waals surface area contributed by atoms with Gasteiger partial charge in [0.1, 0.15) is 5.75 Å². The van der Waals surface area contributed by atoms with Gasteiger partial charge in [-0.2, -0.15) is 0 Å². The Morgan fingerprint density at radius 2 is 1.83 bits per heavy atom. The van der Waals surface area contributed by atoms with Crippen molar-refractivity contribution in [2.75, 3.05) is 23.9 Å². The molecular formula is C24H21ClN2O3. The molecule has 30 heavy (non-hydrogen) atoms. The van der Waals surface area contributed by atoms with Crippen molar-refractivity contribution < 1.29 is 14.3 Å². The van der Waals surface area contributed by atoms with Crippen molar-refractivity contribution in [1.82, 2.24) is 0 Å². The van der Waals surface area contributed by atoms with Crippen molar-refractivity contribution >= 4 is 34.8 Å². The van der Waals surface area contributed by atoms with Crippen molar-refractivity contribution in [2.45, 2.75) is 12.8 Å². The standard InChI is InChI=1S/C24H21ClN2O3/c1-30-22-12-10-18(25)14-20(22)23(28)26-19-11-9-16-8-5-13-27(21(16)15-19)24(29)17-6-3-2-4-7-17/h2-4,6-7,9-12,14-15H,5,8,13H2,1H3,(H,26,28). The van der Waals surface area contributed by atoms with Crippen molar-refractivity contribution in [1.29, 1.82) is 0 Å². The topological polar surface area (TPSA) is 58.6 Å². The zero-order valence-electron chi connectivity index (χ0n) is 16.5. The Morgan fingerprint density at radius 3 is 2.60 bits per heavy atom. The number of methoxy groups -OCH3 is 1. The first kappa shape index (κ1) is 20.0. The SMILES string of the molecule is COc1ccc(Cl)cc1C(=O)Nc1ccc2c(c1)N(C(=O)c1ccccc1)CCC2. The van der Waals surface area contributed by atoms with E-state index in [0.717, 1.165) is 24.1 Å². The van der Waals surface area contributed by atoms with Gasteiger partial charge >= 0.3 is 0 Å². The Morgan fingerprint density at radius 1 is 1.03 bits per heavy atom. The first-order valence-electron chi connectivity index (χ1n) is 9.71. The average molecular weight is 421 g/mol. The van der Waals surface area contributed by atoms with E-state index in [-0.39, 0.29) is 11.8 Å². The molecule has 0 radical (unpaired) electrons. The van der Waals surface area contributed by atoms with Crippen LogP contribution in [0.3, 0.4) is 0 Å². The Kier molecular flexibility index (Phi) is 5.72. The average Bonchev–Trinajstić information content (AvgIpc) is 2.78. The van der Waals surface area contributed by atoms with Gasteiger partial charge in [0.25, 0.3) is 11.8 Å². The second-order valence-electron chi connectivity index (χ2n) is 7.07. The minimum absolute atomic E-state index is 0.0449. The summed E-state index contributed by atoms with van der Waals surface area (Å²) in [6.07, 6.45) is 1.79. The summed E-state index contributed by atoms with van der Waals surface area (Å²) in [4.78, 5) is 27.6. The fourth-order valence-corrected chi connectivity index (χ4v) is 3.83. The molecule has 6 heteroatoms. The van der Waals surface area contributed by atoms with Crippen LogP contribution in [0.4, 0.5) is 11.4 Å². The third-order valence-corrected chi connectivity index (χ3v) is 5.37. The summed E-state index contributed by atoms with van der Waals surface area (Å²) in [5.74, 6) is 0.0679. The molecule has 1 aliphatic heterocycles. The maximum absolute atomic E-state index is 13.0. The number of benzene rings is 3. The summed E-state index contributed by atoms with van der Waals surface area (Å²) in [7, 11) is 1.51. The number of amides is 2. The molecule has 0 bridgehead atoms. The van der Waals surface area contributed by atoms with Gasteiger partial charge in [-0.15, -0.1) is 0 Å². The molecule has 1 aliphatic rings. The van der Waals surface area contributed by atoms with Crippen molar-refractivity contribution in [3.05, 3.63) is 88.4 Å². The summed E-state index contributed by atoms with van der Waals surface area (Å²) < 4.78 is 5.27. The molecule has 152 valence electrons. The minimum atomic E-state index is -0.328. The highest BCUT2D eigenvalue weighted by Gasteiger charge is 2.24. The number of nitrogens with one attached hydrogen (secondary N) is 1. The normalized spacial score (nSPS) is 12.8. The predicted octanol–water partition coefficient (Wildman–Crippen LogP) is 5.19. The molecule has 0 atom stereocenters. The van der Waals surface area contributed by atoms with Gasteiger partial charge in [-0.05, 0) is 60.9 Å². The van der Waals surface area contributed by atoms with Crippen molar-refractivity contribution in [3.63, 3.8) is 0 Å². The van der Waals surface area contributed by atoms with Crippen LogP contribution in [0.1, 0.15) is 32.7 Å². The van der Waals surface area contributed by atoms with Crippen LogP contribution in [-0.2, 0) is 6.42 Å². The summed E-state index contributed by atoms with van der Waals surface area (Å²) in [6, 6.07) is 19.8. The molecule has 3 aromatic rings. The number of ether oxygens (including phenoxy) is 1. The van der Waals surface area contributed by atoms with E-state index in [1.54, 1.807) is 23.1 Å². The molecule has 0 aromatic heterocycles. The smallest absolute Gasteiger partial charge is 0.259 e. The molecule has 5 nitrogen and oxygen atoms in total. The first-order valence-corrected chi connectivity index (χ1v) is 10.1. The van der Waals surface area contributed by atoms with Crippen molar-refractivity contribution in [3.8, 4) is 5.75 Å². The lowest BCUT2D eigenvalue weighted by Crippen LogP contribution is -2.35. The van der Waals surface area contributed by atoms with E-state index in [1.807, 2.05) is 48.5 Å². The maximum atomic E-state index is 13.0. The van der Waals surface area contributed by atoms with E-state index < -0.39 is 0 Å². The second-order valence-corrected chi connectivity index (χ2v) is 7.51. The van der Waals surface area contributed by atoms with Crippen LogP contribution in [-0.4, -0.2) is 25.5 Å². The fourth-order valence-electron chi connectivity index (χ4n) is 3.66. The maximum Gasteiger partial charge on any atom is 0.259 e. The monoisotopic (exact) mass is 420 g/mol. The summed E-state index contributed by atoms with van der Waals surface area (Å²) in [6.45, 7) is 0.639. The zero-order valence-corrected chi connectivity index (χ0v) is 17.3. The molecule has 4 rings (SSSR count). The van der Waals surface area contributed by atoms with Crippen molar-refractivity contribution in [2.24, 2.45) is 0 Å². The lowest BCUT2D eigenvalue weighted by Gasteiger charge is -2.30. The predicted molar refractivity (Wildman–Crippen MR) is 119 cm³/mol. The number of hydrogen-bond donors (Lipinski definition) is 1. The quantitative estimate of drug-likeness (QED) is 0.631. The molecular weight excluding hydrogens is 400 g/mol. The summed E-state index contributed by atoms with van der Waals surface area (Å²) >= 11 is 6.05. The van der Waals surface area contributed by atoms with E-state index in [0.29, 0.717) is 34.1 Å². The van der Waals surface area contributed by atoms with Gasteiger partial charge in [0.15, 0.2) is 0 Å². The van der Waals surface area contributed by atoms with Crippen LogP contribution in [0.5, 0.6) is 5.75 Å². The highest BCUT2D eigenvalue weighted by Crippen LogP contribution is 2.32.